The molecule has 0 amide bonds. The van der Waals surface area contributed by atoms with Crippen LogP contribution in [0.1, 0.15) is 42.9 Å². The largest absolute Gasteiger partial charge is 0.481 e. The maximum Gasteiger partial charge on any atom is 0.306 e. The molecule has 172 valence electrons. The van der Waals surface area contributed by atoms with Crippen LogP contribution in [0.2, 0.25) is 0 Å². The number of hydrogen-bond acceptors (Lipinski definition) is 4. The molecule has 0 aromatic heterocycles. The van der Waals surface area contributed by atoms with Gasteiger partial charge in [-0.3, -0.25) is 4.79 Å². The highest BCUT2D eigenvalue weighted by molar-refractivity contribution is 5.96. The Morgan fingerprint density at radius 1 is 0.909 bits per heavy atom. The molecule has 5 nitrogen and oxygen atoms in total. The van der Waals surface area contributed by atoms with Crippen LogP contribution in [-0.4, -0.2) is 27.9 Å². The summed E-state index contributed by atoms with van der Waals surface area (Å²) in [5.74, 6) is -0.851. The highest BCUT2D eigenvalue weighted by Crippen LogP contribution is 2.26. The van der Waals surface area contributed by atoms with E-state index in [0.717, 1.165) is 36.9 Å². The van der Waals surface area contributed by atoms with Gasteiger partial charge in [-0.15, -0.1) is 0 Å². The summed E-state index contributed by atoms with van der Waals surface area (Å²) in [5.41, 5.74) is 6.02. The Morgan fingerprint density at radius 3 is 2.06 bits per heavy atom. The normalized spacial score (nSPS) is 17.2. The van der Waals surface area contributed by atoms with E-state index >= 15 is 0 Å². The summed E-state index contributed by atoms with van der Waals surface area (Å²) < 4.78 is 0. The number of nitrogens with one attached hydrogen (secondary N) is 2. The number of aliphatic carboxylic acids is 1. The molecule has 1 saturated carbocycles. The number of rotatable bonds is 7. The molecular formula is C28H32N2O3. The van der Waals surface area contributed by atoms with Crippen molar-refractivity contribution in [1.29, 1.82) is 5.41 Å². The molecule has 4 rings (SSSR count). The van der Waals surface area contributed by atoms with E-state index in [4.69, 9.17) is 15.6 Å². The van der Waals surface area contributed by atoms with Gasteiger partial charge in [-0.05, 0) is 54.0 Å². The number of aliphatic hydroxyl groups is 1. The molecule has 33 heavy (non-hydrogen) atoms. The van der Waals surface area contributed by atoms with E-state index in [1.165, 1.54) is 16.7 Å². The van der Waals surface area contributed by atoms with Crippen molar-refractivity contribution >= 4 is 11.7 Å². The Hall–Kier alpha value is -3.28. The second kappa shape index (κ2) is 12.1. The summed E-state index contributed by atoms with van der Waals surface area (Å²) in [5, 5.41) is 28.8. The second-order valence-electron chi connectivity index (χ2n) is 8.47. The van der Waals surface area contributed by atoms with Gasteiger partial charge in [0.25, 0.3) is 0 Å². The molecule has 0 saturated heterocycles. The maximum absolute atomic E-state index is 10.9. The van der Waals surface area contributed by atoms with E-state index in [9.17, 15) is 4.79 Å². The molecule has 1 aliphatic rings. The summed E-state index contributed by atoms with van der Waals surface area (Å²) in [6.45, 7) is 2.64. The van der Waals surface area contributed by atoms with Crippen LogP contribution in [0, 0.1) is 11.3 Å². The number of carboxylic acids is 1. The first-order chi connectivity index (χ1) is 16.0. The van der Waals surface area contributed by atoms with Gasteiger partial charge in [-0.1, -0.05) is 78.9 Å². The van der Waals surface area contributed by atoms with Crippen LogP contribution >= 0.6 is 0 Å². The monoisotopic (exact) mass is 444 g/mol. The number of aliphatic hydroxyl groups excluding tert-OH is 1. The highest BCUT2D eigenvalue weighted by atomic mass is 16.4. The van der Waals surface area contributed by atoms with Crippen molar-refractivity contribution in [3.8, 4) is 11.1 Å². The molecule has 0 aliphatic heterocycles. The van der Waals surface area contributed by atoms with E-state index in [-0.39, 0.29) is 12.5 Å². The zero-order valence-electron chi connectivity index (χ0n) is 19.0. The van der Waals surface area contributed by atoms with Crippen molar-refractivity contribution in [3.63, 3.8) is 0 Å². The third-order valence-electron chi connectivity index (χ3n) is 6.01. The Morgan fingerprint density at radius 2 is 1.52 bits per heavy atom. The molecule has 3 aromatic rings. The van der Waals surface area contributed by atoms with Gasteiger partial charge < -0.3 is 20.9 Å². The third-order valence-corrected chi connectivity index (χ3v) is 6.01. The van der Waals surface area contributed by atoms with Gasteiger partial charge in [0, 0.05) is 18.3 Å². The van der Waals surface area contributed by atoms with Gasteiger partial charge in [0.15, 0.2) is 0 Å². The highest BCUT2D eigenvalue weighted by Gasteiger charge is 2.29. The Kier molecular flexibility index (Phi) is 8.93. The second-order valence-corrected chi connectivity index (χ2v) is 8.47. The average molecular weight is 445 g/mol. The Bertz CT molecular complexity index is 1030. The number of carbonyl (C=O) groups is 1. The van der Waals surface area contributed by atoms with E-state index in [0.29, 0.717) is 11.8 Å². The van der Waals surface area contributed by atoms with Crippen molar-refractivity contribution in [2.24, 2.45) is 5.92 Å². The van der Waals surface area contributed by atoms with Crippen molar-refractivity contribution < 1.29 is 15.0 Å². The maximum atomic E-state index is 10.9. The zero-order chi connectivity index (χ0) is 23.6. The molecule has 0 spiro atoms. The van der Waals surface area contributed by atoms with Gasteiger partial charge in [0.05, 0.1) is 12.5 Å². The topological polar surface area (TPSA) is 93.4 Å². The van der Waals surface area contributed by atoms with Crippen LogP contribution in [0.3, 0.4) is 0 Å². The summed E-state index contributed by atoms with van der Waals surface area (Å²) in [6.07, 6.45) is 2.45. The smallest absolute Gasteiger partial charge is 0.306 e. The summed E-state index contributed by atoms with van der Waals surface area (Å²) in [4.78, 5) is 10.9. The third kappa shape index (κ3) is 7.38. The van der Waals surface area contributed by atoms with E-state index in [1.54, 1.807) is 6.92 Å². The first-order valence-corrected chi connectivity index (χ1v) is 11.3. The predicted octanol–water partition coefficient (Wildman–Crippen LogP) is 5.26. The fourth-order valence-electron chi connectivity index (χ4n) is 3.96. The number of hydrogen-bond donors (Lipinski definition) is 4. The lowest BCUT2D eigenvalue weighted by Gasteiger charge is -2.12. The van der Waals surface area contributed by atoms with Crippen molar-refractivity contribution in [2.75, 3.05) is 0 Å². The standard InChI is InChI=1S/C15H20N2O2.C13H12O/c1-10(16)12-4-2-11(3-5-12)9-17-14-7-6-13(8-14)15(18)19;14-10-11-6-8-13(9-7-11)12-4-2-1-3-5-12/h2-5,13-14,16-17H,6-9H2,1H3,(H,18,19);1-9,14H,10H2. The predicted molar refractivity (Wildman–Crippen MR) is 132 cm³/mol. The lowest BCUT2D eigenvalue weighted by Crippen LogP contribution is -2.26. The van der Waals surface area contributed by atoms with Crippen LogP contribution in [0.4, 0.5) is 0 Å². The molecule has 1 aliphatic carbocycles. The average Bonchev–Trinajstić information content (AvgIpc) is 3.34. The summed E-state index contributed by atoms with van der Waals surface area (Å²) in [7, 11) is 0. The molecular weight excluding hydrogens is 412 g/mol. The van der Waals surface area contributed by atoms with Crippen LogP contribution in [-0.2, 0) is 17.9 Å². The van der Waals surface area contributed by atoms with Gasteiger partial charge in [-0.25, -0.2) is 0 Å². The minimum atomic E-state index is -0.671. The van der Waals surface area contributed by atoms with Crippen LogP contribution in [0.5, 0.6) is 0 Å². The minimum absolute atomic E-state index is 0.106. The number of carboxylic acid groups (broad SMARTS) is 1. The molecule has 5 heteroatoms. The fraction of sp³-hybridized carbons (Fsp3) is 0.286. The SMILES string of the molecule is CC(=N)c1ccc(CNC2CCC(C(=O)O)C2)cc1.OCc1ccc(-c2ccccc2)cc1. The molecule has 0 radical (unpaired) electrons. The first kappa shape index (κ1) is 24.4. The molecule has 3 aromatic carbocycles. The molecule has 1 fully saturated rings. The van der Waals surface area contributed by atoms with Gasteiger partial charge in [0.1, 0.15) is 0 Å². The molecule has 2 unspecified atom stereocenters. The van der Waals surface area contributed by atoms with Gasteiger partial charge in [0.2, 0.25) is 0 Å². The van der Waals surface area contributed by atoms with Crippen LogP contribution in [0.15, 0.2) is 78.9 Å². The Labute approximate surface area is 195 Å². The summed E-state index contributed by atoms with van der Waals surface area (Å²) in [6, 6.07) is 26.4. The summed E-state index contributed by atoms with van der Waals surface area (Å²) >= 11 is 0. The van der Waals surface area contributed by atoms with E-state index in [2.05, 4.69) is 17.4 Å². The van der Waals surface area contributed by atoms with Crippen molar-refractivity contribution in [2.45, 2.75) is 45.4 Å². The zero-order valence-corrected chi connectivity index (χ0v) is 19.0. The van der Waals surface area contributed by atoms with Crippen molar-refractivity contribution in [3.05, 3.63) is 95.6 Å². The molecule has 4 N–H and O–H groups in total. The fourth-order valence-corrected chi connectivity index (χ4v) is 3.96. The first-order valence-electron chi connectivity index (χ1n) is 11.3. The number of benzene rings is 3. The lowest BCUT2D eigenvalue weighted by atomic mass is 10.0. The molecule has 0 heterocycles. The molecule has 0 bridgehead atoms. The Balaban J connectivity index is 0.000000194. The van der Waals surface area contributed by atoms with E-state index in [1.807, 2.05) is 66.7 Å². The minimum Gasteiger partial charge on any atom is -0.481 e. The van der Waals surface area contributed by atoms with Crippen LogP contribution < -0.4 is 5.32 Å². The molecule has 2 atom stereocenters. The van der Waals surface area contributed by atoms with Gasteiger partial charge in [-0.2, -0.15) is 0 Å². The van der Waals surface area contributed by atoms with E-state index < -0.39 is 5.97 Å². The van der Waals surface area contributed by atoms with Crippen molar-refractivity contribution in [1.82, 2.24) is 5.32 Å². The van der Waals surface area contributed by atoms with Crippen LogP contribution in [0.25, 0.3) is 11.1 Å². The van der Waals surface area contributed by atoms with Gasteiger partial charge >= 0.3 is 5.97 Å². The lowest BCUT2D eigenvalue weighted by molar-refractivity contribution is -0.141. The quantitative estimate of drug-likeness (QED) is 0.374.